The van der Waals surface area contributed by atoms with Gasteiger partial charge in [-0.15, -0.1) is 0 Å². The molecule has 0 fully saturated rings. The Labute approximate surface area is 811 Å². The van der Waals surface area contributed by atoms with E-state index in [-0.39, 0.29) is 110 Å². The SMILES string of the molecule is C=c1cc(C)c2c(O)c3c(c(=O)c=2n1CC(C)(C)C)=NC(=O)C=C3C.C=c1cc(C)c2c(O)c3c(c(=O)c=2n1CC(C)C)=NC(=O)C=C3C.C=c1cc(C)c2c(O)c3c(c(=O)c=2n1CC)=NC(=O)C=C3C.C=c1cc(C)c2c(O)c3c(c(=O)c=2n1CCC(C)(C)C)=NC(=O)C=C3C.C=c1cc(C)c2c(O)c3c(c(=O)c=2n1CCC)=NC(=O)C=C3C.C=c1cc(CC)c2c(O)c3c(c(=O)c=2n1C)=NC(=O)C=C3C. The third-order valence-corrected chi connectivity index (χ3v) is 25.8. The second-order valence-corrected chi connectivity index (χ2v) is 39.6. The molecule has 30 nitrogen and oxygen atoms in total. The van der Waals surface area contributed by atoms with E-state index >= 15 is 0 Å². The minimum Gasteiger partial charge on any atom is -0.507 e. The van der Waals surface area contributed by atoms with E-state index < -0.39 is 35.4 Å². The maximum Gasteiger partial charge on any atom is 0.270 e. The molecule has 0 spiro atoms. The number of rotatable bonds is 9. The number of carbonyl (C=O) groups is 6. The summed E-state index contributed by atoms with van der Waals surface area (Å²) in [6.45, 7) is 68.8. The van der Waals surface area contributed by atoms with Crippen LogP contribution in [-0.2, 0) is 75.0 Å². The van der Waals surface area contributed by atoms with Crippen LogP contribution in [0.15, 0.2) is 132 Å². The van der Waals surface area contributed by atoms with Crippen molar-refractivity contribution in [3.8, 4) is 34.5 Å². The third-order valence-electron chi connectivity index (χ3n) is 25.8. The Kier molecular flexibility index (Phi) is 28.0. The van der Waals surface area contributed by atoms with Gasteiger partial charge in [-0.1, -0.05) is 109 Å². The van der Waals surface area contributed by atoms with Crippen LogP contribution < -0.4 is 96.8 Å². The summed E-state index contributed by atoms with van der Waals surface area (Å²) in [5.74, 6) is -2.59. The normalized spacial score (nSPS) is 13.9. The number of allylic oxidation sites excluding steroid dienone is 6. The predicted molar refractivity (Wildman–Crippen MR) is 544 cm³/mol. The zero-order chi connectivity index (χ0) is 105. The third kappa shape index (κ3) is 18.5. The number of aromatic hydroxyl groups is 6. The van der Waals surface area contributed by atoms with Gasteiger partial charge in [0.1, 0.15) is 98.7 Å². The van der Waals surface area contributed by atoms with Gasteiger partial charge in [-0.05, 0) is 222 Å². The summed E-state index contributed by atoms with van der Waals surface area (Å²) < 4.78 is 10.6. The van der Waals surface area contributed by atoms with Crippen LogP contribution in [0.3, 0.4) is 0 Å². The second kappa shape index (κ2) is 38.6. The van der Waals surface area contributed by atoms with Gasteiger partial charge >= 0.3 is 0 Å². The van der Waals surface area contributed by atoms with Crippen molar-refractivity contribution < 1.29 is 59.4 Å². The van der Waals surface area contributed by atoms with Gasteiger partial charge < -0.3 is 58.0 Å². The Morgan fingerprint density at radius 3 is 0.810 bits per heavy atom. The van der Waals surface area contributed by atoms with E-state index in [0.717, 1.165) is 46.2 Å². The van der Waals surface area contributed by atoms with Gasteiger partial charge in [0.2, 0.25) is 32.6 Å². The standard InChI is InChI=1S/C21H24N2O3.C20H22N2O3.C19H20N2O3.C18H18N2O3.2C17H16N2O3/c1-11-9-13(3)23(8-7-21(4,5)6)18-16(11)19(25)15-12(2)10-14(24)22-17(15)20(18)26;1-10-7-12(3)22(9-20(4,5)6)17-15(10)18(24)14-11(2)8-13(23)21-16(14)19(17)25;1-9(2)8-21-12(5)6-10(3)15-17(21)19(24)16-14(18(15)23)11(4)7-13(22)20-16;1-5-6-20-11(4)7-9(2)14-16(20)18(23)15-13(17(14)22)10(3)8-12(21)19-15;1-5-10-7-9(3)19(4)15-13(10)16(21)12-8(2)6-11(20)18-14(12)17(15)22;1-5-19-10(4)6-8(2)13-15(19)17(22)14-12(16(13)21)9(3)7-11(20)18-14/h9-10,25H,3,7-8H2,1-2,4-6H3;7-8,24H,3,9H2,1-2,4-6H3;6-7,9,23H,5,8H2,1-4H3;7-8,22H,4-6H2,1-3H3;6-7,21H,3,5H2,1-2,4H3;6-7,21H,4-5H2,1-3H3. The highest BCUT2D eigenvalue weighted by atomic mass is 16.3. The number of amides is 6. The monoisotopic (exact) mass is 1920 g/mol. The van der Waals surface area contributed by atoms with Crippen molar-refractivity contribution in [1.29, 1.82) is 0 Å². The maximum atomic E-state index is 13.2. The molecule has 0 aromatic rings. The van der Waals surface area contributed by atoms with Crippen molar-refractivity contribution in [3.63, 3.8) is 0 Å². The number of hydrogen-bond donors (Lipinski definition) is 6. The van der Waals surface area contributed by atoms with E-state index in [2.05, 4.69) is 111 Å². The molecular formula is C112H116N12O18. The van der Waals surface area contributed by atoms with Crippen molar-refractivity contribution in [3.05, 3.63) is 329 Å². The lowest BCUT2D eigenvalue weighted by Crippen LogP contribution is -2.38. The van der Waals surface area contributed by atoms with Crippen molar-refractivity contribution >= 4 is 108 Å². The fraction of sp³-hybridized carbons (Fsp3) is 0.304. The number of aryl methyl sites for hydroxylation is 6. The van der Waals surface area contributed by atoms with Gasteiger partial charge in [-0.3, -0.25) is 57.5 Å². The van der Waals surface area contributed by atoms with Crippen molar-refractivity contribution in [2.45, 2.75) is 204 Å². The Morgan fingerprint density at radius 1 is 0.310 bits per heavy atom. The summed E-state index contributed by atoms with van der Waals surface area (Å²) in [6, 6.07) is 11.2. The average molecular weight is 1920 g/mol. The molecule has 0 bridgehead atoms. The van der Waals surface area contributed by atoms with Crippen molar-refractivity contribution in [1.82, 2.24) is 27.4 Å². The highest BCUT2D eigenvalue weighted by Crippen LogP contribution is 2.34. The lowest BCUT2D eigenvalue weighted by Gasteiger charge is -2.23. The molecule has 0 radical (unpaired) electrons. The molecule has 0 aromatic heterocycles. The lowest BCUT2D eigenvalue weighted by molar-refractivity contribution is -0.114. The van der Waals surface area contributed by atoms with Crippen LogP contribution in [0.4, 0.5) is 0 Å². The Bertz CT molecular complexity index is 9650. The number of hydrogen-bond acceptors (Lipinski definition) is 18. The van der Waals surface area contributed by atoms with Crippen LogP contribution in [0.25, 0.3) is 72.9 Å². The second-order valence-electron chi connectivity index (χ2n) is 39.6. The highest BCUT2D eigenvalue weighted by molar-refractivity contribution is 6.02. The molecule has 6 N–H and O–H groups in total. The van der Waals surface area contributed by atoms with Crippen molar-refractivity contribution in [2.24, 2.45) is 53.7 Å². The summed E-state index contributed by atoms with van der Waals surface area (Å²) in [7, 11) is 1.71. The van der Waals surface area contributed by atoms with Crippen LogP contribution in [0.2, 0.25) is 0 Å². The number of fused-ring (bicyclic) bond motifs is 6. The first-order valence-corrected chi connectivity index (χ1v) is 46.5. The summed E-state index contributed by atoms with van der Waals surface area (Å²) in [6.07, 6.45) is 10.3. The summed E-state index contributed by atoms with van der Waals surface area (Å²) in [4.78, 5) is 172. The Hall–Kier alpha value is -16.1. The molecule has 18 aliphatic rings. The molecule has 18 rings (SSSR count). The molecule has 30 heteroatoms. The zero-order valence-corrected chi connectivity index (χ0v) is 84.4. The van der Waals surface area contributed by atoms with E-state index in [0.29, 0.717) is 207 Å². The fourth-order valence-electron chi connectivity index (χ4n) is 19.5. The van der Waals surface area contributed by atoms with Gasteiger partial charge in [-0.2, -0.15) is 0 Å². The largest absolute Gasteiger partial charge is 0.507 e. The molecule has 6 amide bonds. The van der Waals surface area contributed by atoms with Crippen LogP contribution >= 0.6 is 0 Å². The number of carbonyl (C=O) groups excluding carboxylic acids is 6. The summed E-state index contributed by atoms with van der Waals surface area (Å²) >= 11 is 0. The van der Waals surface area contributed by atoms with Gasteiger partial charge in [0, 0.05) is 140 Å². The summed E-state index contributed by atoms with van der Waals surface area (Å²) in [5.41, 5.74) is 8.04. The van der Waals surface area contributed by atoms with E-state index in [1.807, 2.05) is 119 Å². The lowest BCUT2D eigenvalue weighted by atomic mass is 9.92. The first kappa shape index (κ1) is 103. The molecule has 0 aromatic carbocycles. The topological polar surface area (TPSA) is 430 Å². The fourth-order valence-corrected chi connectivity index (χ4v) is 19.5. The highest BCUT2D eigenvalue weighted by Gasteiger charge is 2.30. The molecule has 0 saturated carbocycles. The molecule has 12 aliphatic heterocycles. The molecule has 732 valence electrons. The summed E-state index contributed by atoms with van der Waals surface area (Å²) in [5, 5.41) is 74.1. The smallest absolute Gasteiger partial charge is 0.270 e. The first-order chi connectivity index (χ1) is 66.3. The Balaban J connectivity index is 0.000000143. The van der Waals surface area contributed by atoms with Gasteiger partial charge in [0.15, 0.2) is 0 Å². The van der Waals surface area contributed by atoms with Gasteiger partial charge in [0.25, 0.3) is 35.4 Å². The van der Waals surface area contributed by atoms with Crippen LogP contribution in [-0.4, -0.2) is 93.5 Å². The predicted octanol–water partition coefficient (Wildman–Crippen LogP) is 6.72. The molecule has 142 heavy (non-hydrogen) atoms. The van der Waals surface area contributed by atoms with E-state index in [1.54, 1.807) is 62.3 Å². The maximum absolute atomic E-state index is 13.2. The zero-order valence-electron chi connectivity index (χ0n) is 84.4. The molecule has 0 unspecified atom stereocenters. The van der Waals surface area contributed by atoms with Crippen LogP contribution in [0, 0.1) is 115 Å². The first-order valence-electron chi connectivity index (χ1n) is 46.5. The molecule has 12 heterocycles. The number of nitrogens with zero attached hydrogens (tertiary/aromatic N) is 12. The number of aromatic nitrogens is 6. The minimum atomic E-state index is -0.481. The molecular weight excluding hydrogens is 1800 g/mol. The molecule has 0 saturated heterocycles. The quantitative estimate of drug-likeness (QED) is 0.0872. The van der Waals surface area contributed by atoms with Gasteiger partial charge in [0.05, 0.1) is 33.4 Å². The van der Waals surface area contributed by atoms with Crippen LogP contribution in [0.5, 0.6) is 34.5 Å². The van der Waals surface area contributed by atoms with Crippen molar-refractivity contribution in [2.75, 3.05) is 0 Å². The van der Waals surface area contributed by atoms with E-state index in [4.69, 9.17) is 0 Å². The van der Waals surface area contributed by atoms with Gasteiger partial charge in [-0.25, -0.2) is 30.0 Å². The minimum absolute atomic E-state index is 0.000365. The Morgan fingerprint density at radius 2 is 0.549 bits per heavy atom. The van der Waals surface area contributed by atoms with E-state index in [9.17, 15) is 88.2 Å². The molecule has 0 atom stereocenters. The van der Waals surface area contributed by atoms with Crippen LogP contribution in [0.1, 0.15) is 197 Å². The molecule has 6 aliphatic carbocycles. The van der Waals surface area contributed by atoms with E-state index in [1.165, 1.54) is 36.5 Å². The average Bonchev–Trinajstić information content (AvgIpc) is 0.748.